The Bertz CT molecular complexity index is 1220. The molecule has 0 unspecified atom stereocenters. The summed E-state index contributed by atoms with van der Waals surface area (Å²) in [6, 6.07) is 11.1. The number of para-hydroxylation sites is 1. The molecule has 3 aromatic rings. The lowest BCUT2D eigenvalue weighted by Crippen LogP contribution is -2.29. The minimum absolute atomic E-state index is 0.182. The minimum atomic E-state index is -0.500. The van der Waals surface area contributed by atoms with Crippen molar-refractivity contribution in [3.8, 4) is 17.2 Å². The smallest absolute Gasteiger partial charge is 0.343 e. The molecule has 0 amide bonds. The number of fused-ring (bicyclic) bond motifs is 2. The van der Waals surface area contributed by atoms with Gasteiger partial charge in [0.05, 0.1) is 7.11 Å². The number of pyridine rings is 1. The standard InChI is InChI=1S/C24H24N2O6S/c1-29-24(28)22-18-7-8-25(13-16-4-2-6-19-23(16)32-15-31-19)9-10-26(18)21(27)12-20(22)30-14-17-5-3-11-33-17/h2-6,11-12H,7-10,13-15H2,1H3. The summed E-state index contributed by atoms with van der Waals surface area (Å²) in [5.41, 5.74) is 1.83. The van der Waals surface area contributed by atoms with Gasteiger partial charge in [-0.2, -0.15) is 0 Å². The van der Waals surface area contributed by atoms with Crippen LogP contribution in [0.1, 0.15) is 26.5 Å². The summed E-state index contributed by atoms with van der Waals surface area (Å²) in [5.74, 6) is 1.30. The average molecular weight is 469 g/mol. The first kappa shape index (κ1) is 21.5. The molecule has 2 aliphatic heterocycles. The van der Waals surface area contributed by atoms with E-state index in [9.17, 15) is 9.59 Å². The second-order valence-electron chi connectivity index (χ2n) is 7.86. The zero-order valence-corrected chi connectivity index (χ0v) is 19.1. The molecule has 172 valence electrons. The van der Waals surface area contributed by atoms with E-state index in [1.807, 2.05) is 35.7 Å². The summed E-state index contributed by atoms with van der Waals surface area (Å²) in [6.45, 7) is 2.97. The molecule has 0 atom stereocenters. The van der Waals surface area contributed by atoms with E-state index >= 15 is 0 Å². The number of esters is 1. The van der Waals surface area contributed by atoms with Crippen molar-refractivity contribution in [2.75, 3.05) is 27.0 Å². The third-order valence-corrected chi connectivity index (χ3v) is 6.75. The maximum absolute atomic E-state index is 13.0. The number of benzene rings is 1. The lowest BCUT2D eigenvalue weighted by atomic mass is 10.1. The first-order chi connectivity index (χ1) is 16.1. The van der Waals surface area contributed by atoms with E-state index in [2.05, 4.69) is 4.90 Å². The van der Waals surface area contributed by atoms with Gasteiger partial charge in [0.1, 0.15) is 17.9 Å². The van der Waals surface area contributed by atoms with Gasteiger partial charge in [0.15, 0.2) is 11.5 Å². The number of methoxy groups -OCH3 is 1. The molecule has 0 aliphatic carbocycles. The van der Waals surface area contributed by atoms with Crippen molar-refractivity contribution in [2.24, 2.45) is 0 Å². The Kier molecular flexibility index (Phi) is 6.06. The van der Waals surface area contributed by atoms with Crippen LogP contribution in [0.4, 0.5) is 0 Å². The predicted octanol–water partition coefficient (Wildman–Crippen LogP) is 3.06. The Morgan fingerprint density at radius 2 is 2.06 bits per heavy atom. The van der Waals surface area contributed by atoms with Crippen molar-refractivity contribution < 1.29 is 23.7 Å². The number of rotatable bonds is 6. The van der Waals surface area contributed by atoms with E-state index in [0.29, 0.717) is 43.9 Å². The van der Waals surface area contributed by atoms with Gasteiger partial charge < -0.3 is 23.5 Å². The van der Waals surface area contributed by atoms with Crippen LogP contribution >= 0.6 is 11.3 Å². The van der Waals surface area contributed by atoms with E-state index in [0.717, 1.165) is 21.9 Å². The van der Waals surface area contributed by atoms with Crippen molar-refractivity contribution in [1.82, 2.24) is 9.47 Å². The highest BCUT2D eigenvalue weighted by molar-refractivity contribution is 7.09. The molecule has 1 aromatic carbocycles. The Hall–Kier alpha value is -3.30. The number of hydrogen-bond acceptors (Lipinski definition) is 8. The average Bonchev–Trinajstić information content (AvgIpc) is 3.48. The molecule has 0 fully saturated rings. The highest BCUT2D eigenvalue weighted by atomic mass is 32.1. The fourth-order valence-corrected chi connectivity index (χ4v) is 4.90. The number of carbonyl (C=O) groups is 1. The van der Waals surface area contributed by atoms with Crippen LogP contribution in [0, 0.1) is 0 Å². The molecule has 2 aromatic heterocycles. The van der Waals surface area contributed by atoms with Gasteiger partial charge in [-0.15, -0.1) is 11.3 Å². The van der Waals surface area contributed by atoms with Gasteiger partial charge in [-0.05, 0) is 17.5 Å². The Morgan fingerprint density at radius 1 is 1.15 bits per heavy atom. The normalized spacial score (nSPS) is 15.1. The van der Waals surface area contributed by atoms with Crippen LogP contribution in [-0.4, -0.2) is 42.4 Å². The fourth-order valence-electron chi connectivity index (χ4n) is 4.29. The molecule has 0 bridgehead atoms. The quantitative estimate of drug-likeness (QED) is 0.515. The summed E-state index contributed by atoms with van der Waals surface area (Å²) in [6.07, 6.45) is 0.516. The van der Waals surface area contributed by atoms with E-state index in [1.54, 1.807) is 15.9 Å². The summed E-state index contributed by atoms with van der Waals surface area (Å²) in [5, 5.41) is 1.96. The van der Waals surface area contributed by atoms with Crippen LogP contribution in [0.2, 0.25) is 0 Å². The van der Waals surface area contributed by atoms with E-state index in [-0.39, 0.29) is 24.7 Å². The van der Waals surface area contributed by atoms with Crippen molar-refractivity contribution in [2.45, 2.75) is 26.1 Å². The number of hydrogen-bond donors (Lipinski definition) is 0. The molecule has 0 saturated carbocycles. The van der Waals surface area contributed by atoms with Crippen LogP contribution in [0.5, 0.6) is 17.2 Å². The van der Waals surface area contributed by atoms with Gasteiger partial charge in [0.2, 0.25) is 6.79 Å². The number of aromatic nitrogens is 1. The van der Waals surface area contributed by atoms with Gasteiger partial charge >= 0.3 is 5.97 Å². The maximum Gasteiger partial charge on any atom is 0.343 e. The third-order valence-electron chi connectivity index (χ3n) is 5.90. The molecule has 0 saturated heterocycles. The van der Waals surface area contributed by atoms with E-state index < -0.39 is 5.97 Å². The lowest BCUT2D eigenvalue weighted by molar-refractivity contribution is 0.0592. The van der Waals surface area contributed by atoms with Gasteiger partial charge in [0.25, 0.3) is 5.56 Å². The molecule has 2 aliphatic rings. The minimum Gasteiger partial charge on any atom is -0.487 e. The fraction of sp³-hybridized carbons (Fsp3) is 0.333. The van der Waals surface area contributed by atoms with Crippen LogP contribution in [0.15, 0.2) is 46.6 Å². The molecule has 0 N–H and O–H groups in total. The highest BCUT2D eigenvalue weighted by Crippen LogP contribution is 2.36. The molecule has 33 heavy (non-hydrogen) atoms. The summed E-state index contributed by atoms with van der Waals surface area (Å²) in [7, 11) is 1.34. The van der Waals surface area contributed by atoms with E-state index in [4.69, 9.17) is 18.9 Å². The molecule has 9 heteroatoms. The predicted molar refractivity (Wildman–Crippen MR) is 122 cm³/mol. The molecule has 8 nitrogen and oxygen atoms in total. The van der Waals surface area contributed by atoms with Gasteiger partial charge in [-0.1, -0.05) is 18.2 Å². The van der Waals surface area contributed by atoms with Gasteiger partial charge in [0, 0.05) is 54.8 Å². The van der Waals surface area contributed by atoms with Gasteiger partial charge in [-0.25, -0.2) is 4.79 Å². The Balaban J connectivity index is 1.41. The van der Waals surface area contributed by atoms with Crippen molar-refractivity contribution in [3.05, 3.63) is 73.8 Å². The summed E-state index contributed by atoms with van der Waals surface area (Å²) < 4.78 is 23.8. The van der Waals surface area contributed by atoms with Crippen molar-refractivity contribution in [3.63, 3.8) is 0 Å². The number of carbonyl (C=O) groups excluding carboxylic acids is 1. The highest BCUT2D eigenvalue weighted by Gasteiger charge is 2.27. The van der Waals surface area contributed by atoms with Crippen LogP contribution in [-0.2, 0) is 30.9 Å². The first-order valence-electron chi connectivity index (χ1n) is 10.7. The number of nitrogens with zero attached hydrogens (tertiary/aromatic N) is 2. The largest absolute Gasteiger partial charge is 0.487 e. The van der Waals surface area contributed by atoms with Crippen molar-refractivity contribution in [1.29, 1.82) is 0 Å². The number of thiophene rings is 1. The second-order valence-corrected chi connectivity index (χ2v) is 8.89. The topological polar surface area (TPSA) is 79.2 Å². The zero-order chi connectivity index (χ0) is 22.8. The van der Waals surface area contributed by atoms with Crippen LogP contribution in [0.3, 0.4) is 0 Å². The Labute approximate surface area is 194 Å². The zero-order valence-electron chi connectivity index (χ0n) is 18.2. The third kappa shape index (κ3) is 4.34. The maximum atomic E-state index is 13.0. The van der Waals surface area contributed by atoms with Crippen LogP contribution < -0.4 is 19.8 Å². The first-order valence-corrected chi connectivity index (χ1v) is 11.6. The molecular formula is C24H24N2O6S. The molecule has 5 rings (SSSR count). The number of ether oxygens (including phenoxy) is 4. The second kappa shape index (κ2) is 9.29. The Morgan fingerprint density at radius 3 is 2.88 bits per heavy atom. The van der Waals surface area contributed by atoms with Crippen LogP contribution in [0.25, 0.3) is 0 Å². The molecule has 4 heterocycles. The lowest BCUT2D eigenvalue weighted by Gasteiger charge is -2.20. The summed E-state index contributed by atoms with van der Waals surface area (Å²) in [4.78, 5) is 28.9. The van der Waals surface area contributed by atoms with E-state index in [1.165, 1.54) is 13.2 Å². The summed E-state index contributed by atoms with van der Waals surface area (Å²) >= 11 is 1.56. The molecule has 0 radical (unpaired) electrons. The van der Waals surface area contributed by atoms with Gasteiger partial charge in [-0.3, -0.25) is 9.69 Å². The monoisotopic (exact) mass is 468 g/mol. The van der Waals surface area contributed by atoms with Crippen molar-refractivity contribution >= 4 is 17.3 Å². The SMILES string of the molecule is COC(=O)c1c(OCc2cccs2)cc(=O)n2c1CCN(Cc1cccc3c1OCO3)CC2. The molecular weight excluding hydrogens is 444 g/mol. The molecule has 0 spiro atoms.